The molecule has 1 saturated heterocycles. The summed E-state index contributed by atoms with van der Waals surface area (Å²) >= 11 is 0. The molecule has 4 rings (SSSR count). The van der Waals surface area contributed by atoms with E-state index in [-0.39, 0.29) is 15.2 Å². The summed E-state index contributed by atoms with van der Waals surface area (Å²) in [6.07, 6.45) is 1.38. The molecule has 1 aliphatic rings. The lowest BCUT2D eigenvalue weighted by molar-refractivity contribution is 0.122. The topological polar surface area (TPSA) is 68.6 Å². The second-order valence-corrected chi connectivity index (χ2v) is 9.69. The number of halogens is 1. The van der Waals surface area contributed by atoms with E-state index in [0.29, 0.717) is 49.6 Å². The lowest BCUT2D eigenvalue weighted by Gasteiger charge is -2.29. The second-order valence-electron chi connectivity index (χ2n) is 7.80. The predicted molar refractivity (Wildman–Crippen MR) is 118 cm³/mol. The molecule has 0 spiro atoms. The van der Waals surface area contributed by atoms with Gasteiger partial charge in [-0.1, -0.05) is 17.7 Å². The predicted octanol–water partition coefficient (Wildman–Crippen LogP) is 3.45. The Labute approximate surface area is 180 Å². The number of rotatable bonds is 4. The van der Waals surface area contributed by atoms with Crippen molar-refractivity contribution in [2.24, 2.45) is 0 Å². The maximum atomic E-state index is 15.0. The number of aromatic nitrogens is 1. The van der Waals surface area contributed by atoms with E-state index < -0.39 is 21.1 Å². The summed E-state index contributed by atoms with van der Waals surface area (Å²) in [7, 11) is -4.07. The highest BCUT2D eigenvalue weighted by Gasteiger charge is 2.26. The summed E-state index contributed by atoms with van der Waals surface area (Å²) in [4.78, 5) is 14.9. The van der Waals surface area contributed by atoms with Gasteiger partial charge < -0.3 is 14.2 Å². The molecular formula is C23H25FN2O4S. The number of anilines is 1. The van der Waals surface area contributed by atoms with Gasteiger partial charge in [0, 0.05) is 25.8 Å². The van der Waals surface area contributed by atoms with E-state index in [4.69, 9.17) is 4.74 Å². The summed E-state index contributed by atoms with van der Waals surface area (Å²) in [5.74, 6) is -0.546. The number of sulfone groups is 1. The van der Waals surface area contributed by atoms with Gasteiger partial charge in [0.15, 0.2) is 0 Å². The molecule has 1 fully saturated rings. The third-order valence-electron chi connectivity index (χ3n) is 5.72. The molecule has 0 bridgehead atoms. The van der Waals surface area contributed by atoms with E-state index in [0.717, 1.165) is 11.6 Å². The fourth-order valence-electron chi connectivity index (χ4n) is 4.09. The van der Waals surface area contributed by atoms with Crippen LogP contribution < -0.4 is 10.3 Å². The van der Waals surface area contributed by atoms with E-state index >= 15 is 0 Å². The monoisotopic (exact) mass is 444 g/mol. The van der Waals surface area contributed by atoms with Crippen molar-refractivity contribution in [2.45, 2.75) is 37.1 Å². The molecule has 31 heavy (non-hydrogen) atoms. The third-order valence-corrected chi connectivity index (χ3v) is 7.62. The summed E-state index contributed by atoms with van der Waals surface area (Å²) in [6, 6.07) is 7.78. The number of ether oxygens (including phenoxy) is 1. The average Bonchev–Trinajstić information content (AvgIpc) is 2.74. The Hall–Kier alpha value is -2.71. The number of hydrogen-bond acceptors (Lipinski definition) is 5. The van der Waals surface area contributed by atoms with Gasteiger partial charge in [-0.25, -0.2) is 12.8 Å². The van der Waals surface area contributed by atoms with E-state index in [1.54, 1.807) is 29.7 Å². The van der Waals surface area contributed by atoms with Crippen molar-refractivity contribution in [3.05, 3.63) is 63.7 Å². The van der Waals surface area contributed by atoms with Crippen LogP contribution in [0.25, 0.3) is 10.9 Å². The van der Waals surface area contributed by atoms with Crippen LogP contribution in [0.4, 0.5) is 10.1 Å². The maximum absolute atomic E-state index is 15.0. The zero-order valence-electron chi connectivity index (χ0n) is 17.8. The van der Waals surface area contributed by atoms with Crippen molar-refractivity contribution in [2.75, 3.05) is 31.2 Å². The van der Waals surface area contributed by atoms with Crippen LogP contribution in [0.15, 0.2) is 51.1 Å². The Bertz CT molecular complexity index is 1330. The van der Waals surface area contributed by atoms with Crippen molar-refractivity contribution in [1.29, 1.82) is 0 Å². The van der Waals surface area contributed by atoms with Crippen LogP contribution >= 0.6 is 0 Å². The largest absolute Gasteiger partial charge is 0.378 e. The number of morpholine rings is 1. The molecule has 3 aromatic rings. The maximum Gasteiger partial charge on any atom is 0.212 e. The van der Waals surface area contributed by atoms with Crippen molar-refractivity contribution < 1.29 is 17.5 Å². The zero-order valence-corrected chi connectivity index (χ0v) is 18.6. The average molecular weight is 445 g/mol. The molecule has 0 amide bonds. The highest BCUT2D eigenvalue weighted by Crippen LogP contribution is 2.29. The van der Waals surface area contributed by atoms with Gasteiger partial charge in [0.2, 0.25) is 15.3 Å². The molecule has 1 aliphatic heterocycles. The SMILES string of the molecule is CCn1cc(S(=O)(=O)c2ccc(C)cc2C)c(=O)c2cc(F)c(N3CCOCC3)cc21. The first-order valence-corrected chi connectivity index (χ1v) is 11.7. The molecular weight excluding hydrogens is 419 g/mol. The first-order chi connectivity index (χ1) is 14.7. The van der Waals surface area contributed by atoms with Crippen LogP contribution in [0, 0.1) is 19.7 Å². The highest BCUT2D eigenvalue weighted by atomic mass is 32.2. The molecule has 6 nitrogen and oxygen atoms in total. The van der Waals surface area contributed by atoms with Gasteiger partial charge in [0.1, 0.15) is 10.7 Å². The molecule has 0 atom stereocenters. The quantitative estimate of drug-likeness (QED) is 0.617. The van der Waals surface area contributed by atoms with Crippen LogP contribution in [0.2, 0.25) is 0 Å². The van der Waals surface area contributed by atoms with Gasteiger partial charge in [0.05, 0.1) is 34.7 Å². The van der Waals surface area contributed by atoms with Crippen LogP contribution in [-0.4, -0.2) is 39.3 Å². The fraction of sp³-hybridized carbons (Fsp3) is 0.348. The Morgan fingerprint density at radius 1 is 1.06 bits per heavy atom. The number of pyridine rings is 1. The van der Waals surface area contributed by atoms with Crippen LogP contribution in [0.1, 0.15) is 18.1 Å². The van der Waals surface area contributed by atoms with Crippen LogP contribution in [0.3, 0.4) is 0 Å². The van der Waals surface area contributed by atoms with Gasteiger partial charge in [-0.15, -0.1) is 0 Å². The van der Waals surface area contributed by atoms with Gasteiger partial charge in [-0.05, 0) is 44.5 Å². The summed E-state index contributed by atoms with van der Waals surface area (Å²) in [5, 5.41) is 0.0576. The fourth-order valence-corrected chi connectivity index (χ4v) is 5.68. The first kappa shape index (κ1) is 21.5. The lowest BCUT2D eigenvalue weighted by Crippen LogP contribution is -2.36. The third kappa shape index (κ3) is 3.74. The Morgan fingerprint density at radius 3 is 2.42 bits per heavy atom. The van der Waals surface area contributed by atoms with Crippen LogP contribution in [0.5, 0.6) is 0 Å². The molecule has 8 heteroatoms. The number of benzene rings is 2. The Balaban J connectivity index is 1.94. The molecule has 0 N–H and O–H groups in total. The first-order valence-electron chi connectivity index (χ1n) is 10.3. The van der Waals surface area contributed by atoms with Crippen molar-refractivity contribution in [3.8, 4) is 0 Å². The van der Waals surface area contributed by atoms with E-state index in [1.165, 1.54) is 12.3 Å². The number of nitrogens with zero attached hydrogens (tertiary/aromatic N) is 2. The molecule has 2 aromatic carbocycles. The number of hydrogen-bond donors (Lipinski definition) is 0. The smallest absolute Gasteiger partial charge is 0.212 e. The summed E-state index contributed by atoms with van der Waals surface area (Å²) in [5.41, 5.74) is 1.71. The molecule has 0 unspecified atom stereocenters. The summed E-state index contributed by atoms with van der Waals surface area (Å²) < 4.78 is 48.8. The Kier molecular flexibility index (Phi) is 5.61. The number of aryl methyl sites for hydroxylation is 3. The van der Waals surface area contributed by atoms with Crippen molar-refractivity contribution in [3.63, 3.8) is 0 Å². The molecule has 1 aromatic heterocycles. The lowest BCUT2D eigenvalue weighted by atomic mass is 10.1. The van der Waals surface area contributed by atoms with Gasteiger partial charge in [-0.3, -0.25) is 4.79 Å². The molecule has 164 valence electrons. The number of fused-ring (bicyclic) bond motifs is 1. The summed E-state index contributed by atoms with van der Waals surface area (Å²) in [6.45, 7) is 7.98. The molecule has 0 aliphatic carbocycles. The van der Waals surface area contributed by atoms with E-state index in [2.05, 4.69) is 0 Å². The minimum absolute atomic E-state index is 0.0576. The van der Waals surface area contributed by atoms with Gasteiger partial charge in [-0.2, -0.15) is 0 Å². The highest BCUT2D eigenvalue weighted by molar-refractivity contribution is 7.91. The minimum atomic E-state index is -4.07. The Morgan fingerprint density at radius 2 is 1.77 bits per heavy atom. The zero-order chi connectivity index (χ0) is 22.3. The van der Waals surface area contributed by atoms with Gasteiger partial charge in [0.25, 0.3) is 0 Å². The normalized spacial score (nSPS) is 14.9. The molecule has 0 saturated carbocycles. The minimum Gasteiger partial charge on any atom is -0.378 e. The second kappa shape index (κ2) is 8.09. The van der Waals surface area contributed by atoms with Crippen molar-refractivity contribution in [1.82, 2.24) is 4.57 Å². The van der Waals surface area contributed by atoms with Crippen molar-refractivity contribution >= 4 is 26.4 Å². The van der Waals surface area contributed by atoms with Crippen LogP contribution in [-0.2, 0) is 21.1 Å². The molecule has 2 heterocycles. The van der Waals surface area contributed by atoms with E-state index in [9.17, 15) is 17.6 Å². The van der Waals surface area contributed by atoms with Gasteiger partial charge >= 0.3 is 0 Å². The van der Waals surface area contributed by atoms with E-state index in [1.807, 2.05) is 18.7 Å². The molecule has 0 radical (unpaired) electrons. The standard InChI is InChI=1S/C23H25FN2O4S/c1-4-25-14-22(31(28,29)21-6-5-15(2)11-16(21)3)23(27)17-12-18(24)20(13-19(17)25)26-7-9-30-10-8-26/h5-6,11-14H,4,7-10H2,1-3H3.